The quantitative estimate of drug-likeness (QED) is 0.929. The van der Waals surface area contributed by atoms with Gasteiger partial charge in [-0.25, -0.2) is 4.79 Å². The third-order valence-electron chi connectivity index (χ3n) is 3.74. The van der Waals surface area contributed by atoms with Crippen molar-refractivity contribution in [1.82, 2.24) is 9.78 Å². The van der Waals surface area contributed by atoms with Crippen LogP contribution in [0.3, 0.4) is 0 Å². The van der Waals surface area contributed by atoms with E-state index in [-0.39, 0.29) is 11.8 Å². The molecule has 3 rings (SSSR count). The first-order valence-electron chi connectivity index (χ1n) is 7.36. The van der Waals surface area contributed by atoms with Crippen molar-refractivity contribution in [2.45, 2.75) is 18.9 Å². The third-order valence-corrected chi connectivity index (χ3v) is 4.03. The summed E-state index contributed by atoms with van der Waals surface area (Å²) >= 11 is 6.31. The van der Waals surface area contributed by atoms with E-state index in [2.05, 4.69) is 5.10 Å². The normalized spacial score (nSPS) is 17.9. The molecule has 2 heterocycles. The summed E-state index contributed by atoms with van der Waals surface area (Å²) in [6.45, 7) is 1.35. The number of carboxylic acids is 1. The molecule has 1 atom stereocenters. The number of halogens is 1. The summed E-state index contributed by atoms with van der Waals surface area (Å²) in [7, 11) is 1.69. The maximum atomic E-state index is 11.0. The van der Waals surface area contributed by atoms with Gasteiger partial charge in [-0.05, 0) is 37.1 Å². The summed E-state index contributed by atoms with van der Waals surface area (Å²) in [5, 5.41) is 13.5. The van der Waals surface area contributed by atoms with Crippen LogP contribution < -0.4 is 4.74 Å². The molecule has 1 aromatic carbocycles. The third kappa shape index (κ3) is 3.48. The van der Waals surface area contributed by atoms with Gasteiger partial charge in [0.15, 0.2) is 5.69 Å². The molecule has 1 aliphatic rings. The second-order valence-electron chi connectivity index (χ2n) is 5.45. The molecule has 1 fully saturated rings. The summed E-state index contributed by atoms with van der Waals surface area (Å²) in [6.07, 6.45) is 1.94. The van der Waals surface area contributed by atoms with Crippen LogP contribution in [-0.4, -0.2) is 40.2 Å². The topological polar surface area (TPSA) is 73.6 Å². The lowest BCUT2D eigenvalue weighted by Crippen LogP contribution is -2.28. The van der Waals surface area contributed by atoms with E-state index in [1.807, 2.05) is 6.07 Å². The summed E-state index contributed by atoms with van der Waals surface area (Å²) in [5.74, 6) is -0.457. The Morgan fingerprint density at radius 2 is 2.30 bits per heavy atom. The SMILES string of the molecule is Cn1nc(C(=O)O)cc1-c1ccc(OC2CCCOC2)c(Cl)c1. The van der Waals surface area contributed by atoms with E-state index < -0.39 is 5.97 Å². The van der Waals surface area contributed by atoms with Crippen LogP contribution in [0.4, 0.5) is 0 Å². The van der Waals surface area contributed by atoms with E-state index in [0.29, 0.717) is 23.1 Å². The maximum absolute atomic E-state index is 11.0. The van der Waals surface area contributed by atoms with Gasteiger partial charge in [-0.15, -0.1) is 0 Å². The number of nitrogens with zero attached hydrogens (tertiary/aromatic N) is 2. The van der Waals surface area contributed by atoms with E-state index in [4.69, 9.17) is 26.2 Å². The molecular formula is C16H17ClN2O4. The molecule has 0 amide bonds. The minimum atomic E-state index is -1.06. The molecular weight excluding hydrogens is 320 g/mol. The molecule has 2 aromatic rings. The molecule has 6 nitrogen and oxygen atoms in total. The van der Waals surface area contributed by atoms with Gasteiger partial charge < -0.3 is 14.6 Å². The van der Waals surface area contributed by atoms with Gasteiger partial charge >= 0.3 is 5.97 Å². The van der Waals surface area contributed by atoms with E-state index in [9.17, 15) is 4.79 Å². The fraction of sp³-hybridized carbons (Fsp3) is 0.375. The lowest BCUT2D eigenvalue weighted by molar-refractivity contribution is 0.00748. The van der Waals surface area contributed by atoms with Crippen molar-refractivity contribution >= 4 is 17.6 Å². The molecule has 0 saturated carbocycles. The van der Waals surface area contributed by atoms with Crippen LogP contribution in [-0.2, 0) is 11.8 Å². The Bertz CT molecular complexity index is 723. The highest BCUT2D eigenvalue weighted by Gasteiger charge is 2.18. The highest BCUT2D eigenvalue weighted by atomic mass is 35.5. The number of rotatable bonds is 4. The Morgan fingerprint density at radius 3 is 2.91 bits per heavy atom. The molecule has 1 N–H and O–H groups in total. The van der Waals surface area contributed by atoms with Crippen LogP contribution in [0.25, 0.3) is 11.3 Å². The number of aryl methyl sites for hydroxylation is 1. The van der Waals surface area contributed by atoms with E-state index in [1.165, 1.54) is 10.7 Å². The van der Waals surface area contributed by atoms with Gasteiger partial charge in [0.1, 0.15) is 11.9 Å². The molecule has 1 saturated heterocycles. The summed E-state index contributed by atoms with van der Waals surface area (Å²) in [5.41, 5.74) is 1.46. The Hall–Kier alpha value is -2.05. The summed E-state index contributed by atoms with van der Waals surface area (Å²) in [4.78, 5) is 11.0. The second-order valence-corrected chi connectivity index (χ2v) is 5.85. The lowest BCUT2D eigenvalue weighted by atomic mass is 10.1. The number of benzene rings is 1. The lowest BCUT2D eigenvalue weighted by Gasteiger charge is -2.23. The average molecular weight is 337 g/mol. The number of aromatic nitrogens is 2. The van der Waals surface area contributed by atoms with Crippen LogP contribution in [0.2, 0.25) is 5.02 Å². The molecule has 0 radical (unpaired) electrons. The molecule has 23 heavy (non-hydrogen) atoms. The van der Waals surface area contributed by atoms with Crippen molar-refractivity contribution < 1.29 is 19.4 Å². The van der Waals surface area contributed by atoms with Crippen LogP contribution in [0, 0.1) is 0 Å². The number of hydrogen-bond donors (Lipinski definition) is 1. The van der Waals surface area contributed by atoms with Gasteiger partial charge in [0.05, 0.1) is 17.3 Å². The number of carbonyl (C=O) groups is 1. The van der Waals surface area contributed by atoms with Gasteiger partial charge in [-0.3, -0.25) is 4.68 Å². The summed E-state index contributed by atoms with van der Waals surface area (Å²) in [6, 6.07) is 6.90. The van der Waals surface area contributed by atoms with E-state index >= 15 is 0 Å². The number of hydrogen-bond acceptors (Lipinski definition) is 4. The van der Waals surface area contributed by atoms with Crippen molar-refractivity contribution in [2.75, 3.05) is 13.2 Å². The van der Waals surface area contributed by atoms with Crippen LogP contribution in [0.15, 0.2) is 24.3 Å². The first kappa shape index (κ1) is 15.8. The first-order chi connectivity index (χ1) is 11.0. The minimum absolute atomic E-state index is 0.00157. The van der Waals surface area contributed by atoms with Crippen molar-refractivity contribution in [3.63, 3.8) is 0 Å². The molecule has 1 aromatic heterocycles. The van der Waals surface area contributed by atoms with Gasteiger partial charge in [0.2, 0.25) is 0 Å². The summed E-state index contributed by atoms with van der Waals surface area (Å²) < 4.78 is 12.8. The van der Waals surface area contributed by atoms with Crippen LogP contribution in [0.1, 0.15) is 23.3 Å². The highest BCUT2D eigenvalue weighted by Crippen LogP contribution is 2.32. The zero-order valence-corrected chi connectivity index (χ0v) is 13.4. The molecule has 1 unspecified atom stereocenters. The van der Waals surface area contributed by atoms with E-state index in [0.717, 1.165) is 25.0 Å². The Morgan fingerprint density at radius 1 is 1.48 bits per heavy atom. The van der Waals surface area contributed by atoms with Crippen LogP contribution in [0.5, 0.6) is 5.75 Å². The monoisotopic (exact) mass is 336 g/mol. The number of carboxylic acid groups (broad SMARTS) is 1. The number of ether oxygens (including phenoxy) is 2. The smallest absolute Gasteiger partial charge is 0.356 e. The zero-order valence-electron chi connectivity index (χ0n) is 12.7. The highest BCUT2D eigenvalue weighted by molar-refractivity contribution is 6.32. The molecule has 0 spiro atoms. The zero-order chi connectivity index (χ0) is 16.4. The second kappa shape index (κ2) is 6.60. The van der Waals surface area contributed by atoms with Gasteiger partial charge in [-0.2, -0.15) is 5.10 Å². The Balaban J connectivity index is 1.82. The fourth-order valence-corrected chi connectivity index (χ4v) is 2.81. The van der Waals surface area contributed by atoms with E-state index in [1.54, 1.807) is 19.2 Å². The maximum Gasteiger partial charge on any atom is 0.356 e. The Kier molecular flexibility index (Phi) is 4.54. The first-order valence-corrected chi connectivity index (χ1v) is 7.74. The molecule has 1 aliphatic heterocycles. The van der Waals surface area contributed by atoms with Crippen molar-refractivity contribution in [3.05, 3.63) is 35.0 Å². The number of aromatic carboxylic acids is 1. The molecule has 7 heteroatoms. The minimum Gasteiger partial charge on any atom is -0.486 e. The van der Waals surface area contributed by atoms with Gasteiger partial charge in [0, 0.05) is 19.2 Å². The standard InChI is InChI=1S/C16H17ClN2O4/c1-19-14(8-13(18-19)16(20)21)10-4-5-15(12(17)7-10)23-11-3-2-6-22-9-11/h4-5,7-8,11H,2-3,6,9H2,1H3,(H,20,21). The largest absolute Gasteiger partial charge is 0.486 e. The molecule has 0 aliphatic carbocycles. The Labute approximate surface area is 138 Å². The van der Waals surface area contributed by atoms with Gasteiger partial charge in [-0.1, -0.05) is 11.6 Å². The molecule has 0 bridgehead atoms. The van der Waals surface area contributed by atoms with Crippen molar-refractivity contribution in [2.24, 2.45) is 7.05 Å². The van der Waals surface area contributed by atoms with Crippen LogP contribution >= 0.6 is 11.6 Å². The fourth-order valence-electron chi connectivity index (χ4n) is 2.58. The van der Waals surface area contributed by atoms with Crippen molar-refractivity contribution in [1.29, 1.82) is 0 Å². The van der Waals surface area contributed by atoms with Crippen molar-refractivity contribution in [3.8, 4) is 17.0 Å². The molecule has 122 valence electrons. The average Bonchev–Trinajstić information content (AvgIpc) is 2.93. The predicted octanol–water partition coefficient (Wildman–Crippen LogP) is 3.00. The van der Waals surface area contributed by atoms with Gasteiger partial charge in [0.25, 0.3) is 0 Å². The predicted molar refractivity (Wildman–Crippen MR) is 85.1 cm³/mol.